The van der Waals surface area contributed by atoms with Gasteiger partial charge < -0.3 is 15.8 Å². The van der Waals surface area contributed by atoms with E-state index >= 15 is 0 Å². The number of ether oxygens (including phenoxy) is 1. The van der Waals surface area contributed by atoms with Crippen LogP contribution in [-0.2, 0) is 0 Å². The van der Waals surface area contributed by atoms with Crippen LogP contribution in [0.4, 0.5) is 17.3 Å². The van der Waals surface area contributed by atoms with E-state index in [0.29, 0.717) is 11.6 Å². The lowest BCUT2D eigenvalue weighted by Crippen LogP contribution is -1.96. The molecule has 0 unspecified atom stereocenters. The molecular formula is C17H15N3O. The van der Waals surface area contributed by atoms with E-state index < -0.39 is 0 Å². The summed E-state index contributed by atoms with van der Waals surface area (Å²) in [5.41, 5.74) is 6.56. The SMILES string of the molecule is Nc1cccc(Nc2cccc(Oc3ccccc3)c2)n1. The Morgan fingerprint density at radius 2 is 1.57 bits per heavy atom. The second-order valence-electron chi connectivity index (χ2n) is 4.52. The van der Waals surface area contributed by atoms with Gasteiger partial charge in [0.1, 0.15) is 23.1 Å². The van der Waals surface area contributed by atoms with E-state index in [1.807, 2.05) is 66.7 Å². The van der Waals surface area contributed by atoms with Crippen LogP contribution in [0.15, 0.2) is 72.8 Å². The first kappa shape index (κ1) is 13.0. The second kappa shape index (κ2) is 5.96. The highest BCUT2D eigenvalue weighted by atomic mass is 16.5. The molecule has 3 aromatic rings. The maximum Gasteiger partial charge on any atom is 0.132 e. The fourth-order valence-corrected chi connectivity index (χ4v) is 1.93. The smallest absolute Gasteiger partial charge is 0.132 e. The lowest BCUT2D eigenvalue weighted by atomic mass is 10.3. The van der Waals surface area contributed by atoms with Crippen LogP contribution in [-0.4, -0.2) is 4.98 Å². The molecule has 3 N–H and O–H groups in total. The number of nitrogen functional groups attached to an aromatic ring is 1. The van der Waals surface area contributed by atoms with Crippen molar-refractivity contribution in [3.8, 4) is 11.5 Å². The molecule has 0 saturated heterocycles. The topological polar surface area (TPSA) is 60.2 Å². The molecule has 21 heavy (non-hydrogen) atoms. The molecule has 0 aliphatic heterocycles. The normalized spacial score (nSPS) is 10.1. The van der Waals surface area contributed by atoms with Crippen LogP contribution in [0.2, 0.25) is 0 Å². The third kappa shape index (κ3) is 3.51. The Labute approximate surface area is 123 Å². The summed E-state index contributed by atoms with van der Waals surface area (Å²) in [5.74, 6) is 2.75. The number of hydrogen-bond acceptors (Lipinski definition) is 4. The predicted octanol–water partition coefficient (Wildman–Crippen LogP) is 4.20. The summed E-state index contributed by atoms with van der Waals surface area (Å²) >= 11 is 0. The van der Waals surface area contributed by atoms with Gasteiger partial charge in [0.15, 0.2) is 0 Å². The van der Waals surface area contributed by atoms with Gasteiger partial charge in [-0.2, -0.15) is 0 Å². The average molecular weight is 277 g/mol. The molecular weight excluding hydrogens is 262 g/mol. The predicted molar refractivity (Wildman–Crippen MR) is 84.9 cm³/mol. The van der Waals surface area contributed by atoms with Crippen LogP contribution in [0.3, 0.4) is 0 Å². The lowest BCUT2D eigenvalue weighted by Gasteiger charge is -2.09. The summed E-state index contributed by atoms with van der Waals surface area (Å²) in [7, 11) is 0. The van der Waals surface area contributed by atoms with Gasteiger partial charge in [-0.25, -0.2) is 4.98 Å². The number of hydrogen-bond donors (Lipinski definition) is 2. The number of pyridine rings is 1. The molecule has 0 fully saturated rings. The number of nitrogens with zero attached hydrogens (tertiary/aromatic N) is 1. The average Bonchev–Trinajstić information content (AvgIpc) is 2.49. The van der Waals surface area contributed by atoms with Crippen LogP contribution >= 0.6 is 0 Å². The maximum atomic E-state index is 5.80. The molecule has 0 atom stereocenters. The molecule has 0 saturated carbocycles. The van der Waals surface area contributed by atoms with Crippen molar-refractivity contribution in [1.29, 1.82) is 0 Å². The van der Waals surface area contributed by atoms with Crippen molar-refractivity contribution in [1.82, 2.24) is 4.98 Å². The lowest BCUT2D eigenvalue weighted by molar-refractivity contribution is 0.483. The van der Waals surface area contributed by atoms with Crippen LogP contribution in [0.5, 0.6) is 11.5 Å². The van der Waals surface area contributed by atoms with E-state index in [2.05, 4.69) is 10.3 Å². The zero-order chi connectivity index (χ0) is 14.5. The molecule has 104 valence electrons. The molecule has 0 amide bonds. The number of aromatic nitrogens is 1. The first-order valence-electron chi connectivity index (χ1n) is 6.62. The van der Waals surface area contributed by atoms with E-state index in [9.17, 15) is 0 Å². The molecule has 4 heteroatoms. The third-order valence-corrected chi connectivity index (χ3v) is 2.86. The van der Waals surface area contributed by atoms with Crippen molar-refractivity contribution in [3.05, 3.63) is 72.8 Å². The van der Waals surface area contributed by atoms with Crippen molar-refractivity contribution in [2.75, 3.05) is 11.1 Å². The van der Waals surface area contributed by atoms with Gasteiger partial charge in [0.25, 0.3) is 0 Å². The number of rotatable bonds is 4. The van der Waals surface area contributed by atoms with E-state index in [-0.39, 0.29) is 0 Å². The molecule has 0 aliphatic carbocycles. The van der Waals surface area contributed by atoms with Gasteiger partial charge in [-0.15, -0.1) is 0 Å². The quantitative estimate of drug-likeness (QED) is 0.750. The molecule has 0 radical (unpaired) electrons. The Bertz CT molecular complexity index is 729. The van der Waals surface area contributed by atoms with Crippen LogP contribution in [0.25, 0.3) is 0 Å². The summed E-state index contributed by atoms with van der Waals surface area (Å²) in [6, 6.07) is 22.8. The summed E-state index contributed by atoms with van der Waals surface area (Å²) in [6.07, 6.45) is 0. The van der Waals surface area contributed by atoms with Crippen molar-refractivity contribution in [3.63, 3.8) is 0 Å². The van der Waals surface area contributed by atoms with E-state index in [4.69, 9.17) is 10.5 Å². The Morgan fingerprint density at radius 3 is 2.38 bits per heavy atom. The first-order valence-corrected chi connectivity index (χ1v) is 6.62. The number of nitrogens with one attached hydrogen (secondary N) is 1. The Balaban J connectivity index is 1.77. The molecule has 0 bridgehead atoms. The molecule has 3 rings (SSSR count). The molecule has 0 aliphatic rings. The van der Waals surface area contributed by atoms with Gasteiger partial charge in [0.05, 0.1) is 0 Å². The minimum atomic E-state index is 0.483. The van der Waals surface area contributed by atoms with Gasteiger partial charge in [0.2, 0.25) is 0 Å². The molecule has 4 nitrogen and oxygen atoms in total. The highest BCUT2D eigenvalue weighted by Gasteiger charge is 2.00. The van der Waals surface area contributed by atoms with Gasteiger partial charge in [-0.1, -0.05) is 30.3 Å². The Kier molecular flexibility index (Phi) is 3.69. The van der Waals surface area contributed by atoms with Crippen molar-refractivity contribution >= 4 is 17.3 Å². The van der Waals surface area contributed by atoms with Gasteiger partial charge in [0, 0.05) is 11.8 Å². The Hall–Kier alpha value is -3.01. The fourth-order valence-electron chi connectivity index (χ4n) is 1.93. The largest absolute Gasteiger partial charge is 0.457 e. The maximum absolute atomic E-state index is 5.80. The van der Waals surface area contributed by atoms with E-state index in [0.717, 1.165) is 17.2 Å². The summed E-state index contributed by atoms with van der Waals surface area (Å²) in [4.78, 5) is 4.21. The standard InChI is InChI=1S/C17H15N3O/c18-16-10-5-11-17(20-16)19-13-6-4-9-15(12-13)21-14-7-2-1-3-8-14/h1-12H,(H3,18,19,20). The van der Waals surface area contributed by atoms with Gasteiger partial charge in [-0.05, 0) is 36.4 Å². The van der Waals surface area contributed by atoms with Crippen molar-refractivity contribution in [2.24, 2.45) is 0 Å². The zero-order valence-corrected chi connectivity index (χ0v) is 11.4. The second-order valence-corrected chi connectivity index (χ2v) is 4.52. The van der Waals surface area contributed by atoms with E-state index in [1.165, 1.54) is 0 Å². The van der Waals surface area contributed by atoms with Gasteiger partial charge >= 0.3 is 0 Å². The first-order chi connectivity index (χ1) is 10.3. The highest BCUT2D eigenvalue weighted by Crippen LogP contribution is 2.25. The van der Waals surface area contributed by atoms with Crippen molar-refractivity contribution < 1.29 is 4.74 Å². The van der Waals surface area contributed by atoms with Crippen molar-refractivity contribution in [2.45, 2.75) is 0 Å². The number of benzene rings is 2. The fraction of sp³-hybridized carbons (Fsp3) is 0. The Morgan fingerprint density at radius 1 is 0.810 bits per heavy atom. The minimum absolute atomic E-state index is 0.483. The summed E-state index contributed by atoms with van der Waals surface area (Å²) in [6.45, 7) is 0. The van der Waals surface area contributed by atoms with E-state index in [1.54, 1.807) is 6.07 Å². The molecule has 2 aromatic carbocycles. The van der Waals surface area contributed by atoms with Crippen LogP contribution in [0, 0.1) is 0 Å². The number of anilines is 3. The molecule has 0 spiro atoms. The molecule has 1 heterocycles. The minimum Gasteiger partial charge on any atom is -0.457 e. The third-order valence-electron chi connectivity index (χ3n) is 2.86. The summed E-state index contributed by atoms with van der Waals surface area (Å²) < 4.78 is 5.80. The number of nitrogens with two attached hydrogens (primary N) is 1. The number of para-hydroxylation sites is 1. The zero-order valence-electron chi connectivity index (χ0n) is 11.4. The molecule has 1 aromatic heterocycles. The monoisotopic (exact) mass is 277 g/mol. The van der Waals surface area contributed by atoms with Gasteiger partial charge in [-0.3, -0.25) is 0 Å². The van der Waals surface area contributed by atoms with Crippen LogP contribution in [0.1, 0.15) is 0 Å². The summed E-state index contributed by atoms with van der Waals surface area (Å²) in [5, 5.41) is 3.20. The van der Waals surface area contributed by atoms with Crippen LogP contribution < -0.4 is 15.8 Å². The highest BCUT2D eigenvalue weighted by molar-refractivity contribution is 5.59.